The SMILES string of the molecule is Cc1ccc(CNC(=O)C2(C(=O)Nc3cccc(C)c3C)CC2)cc1. The van der Waals surface area contributed by atoms with Crippen LogP contribution in [0.1, 0.15) is 35.1 Å². The van der Waals surface area contributed by atoms with Gasteiger partial charge in [0, 0.05) is 12.2 Å². The Morgan fingerprint density at radius 1 is 0.960 bits per heavy atom. The van der Waals surface area contributed by atoms with Crippen molar-refractivity contribution in [3.05, 3.63) is 64.7 Å². The largest absolute Gasteiger partial charge is 0.351 e. The number of carbonyl (C=O) groups excluding carboxylic acids is 2. The Bertz CT molecular complexity index is 805. The molecule has 1 aliphatic carbocycles. The summed E-state index contributed by atoms with van der Waals surface area (Å²) in [5.74, 6) is -0.390. The van der Waals surface area contributed by atoms with Gasteiger partial charge < -0.3 is 10.6 Å². The molecule has 25 heavy (non-hydrogen) atoms. The van der Waals surface area contributed by atoms with Gasteiger partial charge >= 0.3 is 0 Å². The van der Waals surface area contributed by atoms with Gasteiger partial charge in [-0.2, -0.15) is 0 Å². The Balaban J connectivity index is 1.64. The molecule has 0 saturated heterocycles. The Labute approximate surface area is 148 Å². The molecular formula is C21H24N2O2. The minimum Gasteiger partial charge on any atom is -0.351 e. The van der Waals surface area contributed by atoms with E-state index in [0.717, 1.165) is 22.4 Å². The number of rotatable bonds is 5. The minimum absolute atomic E-state index is 0.184. The fourth-order valence-corrected chi connectivity index (χ4v) is 2.87. The number of anilines is 1. The van der Waals surface area contributed by atoms with Crippen molar-refractivity contribution >= 4 is 17.5 Å². The van der Waals surface area contributed by atoms with Crippen LogP contribution < -0.4 is 10.6 Å². The highest BCUT2D eigenvalue weighted by atomic mass is 16.2. The number of carbonyl (C=O) groups is 2. The second-order valence-electron chi connectivity index (χ2n) is 6.95. The highest BCUT2D eigenvalue weighted by Crippen LogP contribution is 2.47. The zero-order valence-corrected chi connectivity index (χ0v) is 15.0. The standard InChI is InChI=1S/C21H24N2O2/c1-14-7-9-17(10-8-14)13-22-19(24)21(11-12-21)20(25)23-18-6-4-5-15(2)16(18)3/h4-10H,11-13H2,1-3H3,(H,22,24)(H,23,25). The molecule has 1 aliphatic rings. The van der Waals surface area contributed by atoms with Crippen molar-refractivity contribution in [3.8, 4) is 0 Å². The van der Waals surface area contributed by atoms with Crippen molar-refractivity contribution in [3.63, 3.8) is 0 Å². The van der Waals surface area contributed by atoms with Crippen LogP contribution in [0.25, 0.3) is 0 Å². The van der Waals surface area contributed by atoms with Gasteiger partial charge in [-0.25, -0.2) is 0 Å². The molecule has 3 rings (SSSR count). The highest BCUT2D eigenvalue weighted by Gasteiger charge is 2.56. The first-order valence-electron chi connectivity index (χ1n) is 8.64. The lowest BCUT2D eigenvalue weighted by Gasteiger charge is -2.17. The molecule has 1 fully saturated rings. The molecule has 0 aromatic heterocycles. The summed E-state index contributed by atoms with van der Waals surface area (Å²) in [7, 11) is 0. The van der Waals surface area contributed by atoms with E-state index in [1.54, 1.807) is 0 Å². The molecule has 2 amide bonds. The van der Waals surface area contributed by atoms with Crippen LogP contribution >= 0.6 is 0 Å². The summed E-state index contributed by atoms with van der Waals surface area (Å²) in [6, 6.07) is 13.8. The molecule has 2 aromatic carbocycles. The molecule has 0 aliphatic heterocycles. The number of aryl methyl sites for hydroxylation is 2. The maximum atomic E-state index is 12.7. The normalized spacial score (nSPS) is 14.7. The summed E-state index contributed by atoms with van der Waals surface area (Å²) < 4.78 is 0. The van der Waals surface area contributed by atoms with E-state index in [9.17, 15) is 9.59 Å². The second-order valence-corrected chi connectivity index (χ2v) is 6.95. The van der Waals surface area contributed by atoms with Crippen molar-refractivity contribution in [2.75, 3.05) is 5.32 Å². The fourth-order valence-electron chi connectivity index (χ4n) is 2.87. The molecule has 130 valence electrons. The Morgan fingerprint density at radius 3 is 2.28 bits per heavy atom. The zero-order valence-electron chi connectivity index (χ0n) is 15.0. The number of hydrogen-bond acceptors (Lipinski definition) is 2. The molecule has 0 heterocycles. The molecule has 0 unspecified atom stereocenters. The predicted molar refractivity (Wildman–Crippen MR) is 99.2 cm³/mol. The Kier molecular flexibility index (Phi) is 4.62. The van der Waals surface area contributed by atoms with Gasteiger partial charge in [0.2, 0.25) is 11.8 Å². The van der Waals surface area contributed by atoms with E-state index in [-0.39, 0.29) is 11.8 Å². The van der Waals surface area contributed by atoms with Crippen LogP contribution in [0, 0.1) is 26.2 Å². The fraction of sp³-hybridized carbons (Fsp3) is 0.333. The summed E-state index contributed by atoms with van der Waals surface area (Å²) >= 11 is 0. The average Bonchev–Trinajstić information content (AvgIpc) is 3.40. The third-order valence-corrected chi connectivity index (χ3v) is 5.05. The zero-order chi connectivity index (χ0) is 18.0. The summed E-state index contributed by atoms with van der Waals surface area (Å²) in [5, 5.41) is 5.85. The van der Waals surface area contributed by atoms with Crippen molar-refractivity contribution in [2.24, 2.45) is 5.41 Å². The minimum atomic E-state index is -0.916. The first kappa shape index (κ1) is 17.2. The van der Waals surface area contributed by atoms with Gasteiger partial charge in [-0.15, -0.1) is 0 Å². The molecule has 0 radical (unpaired) electrons. The lowest BCUT2D eigenvalue weighted by Crippen LogP contribution is -2.39. The van der Waals surface area contributed by atoms with Crippen LogP contribution in [-0.4, -0.2) is 11.8 Å². The molecule has 4 nitrogen and oxygen atoms in total. The third kappa shape index (κ3) is 3.58. The van der Waals surface area contributed by atoms with Gasteiger partial charge in [-0.1, -0.05) is 42.0 Å². The Morgan fingerprint density at radius 2 is 1.64 bits per heavy atom. The summed E-state index contributed by atoms with van der Waals surface area (Å²) in [6.45, 7) is 6.45. The van der Waals surface area contributed by atoms with Gasteiger partial charge in [0.05, 0.1) is 0 Å². The van der Waals surface area contributed by atoms with Crippen LogP contribution in [0.4, 0.5) is 5.69 Å². The lowest BCUT2D eigenvalue weighted by atomic mass is 10.0. The van der Waals surface area contributed by atoms with E-state index in [2.05, 4.69) is 10.6 Å². The quantitative estimate of drug-likeness (QED) is 0.819. The van der Waals surface area contributed by atoms with E-state index < -0.39 is 5.41 Å². The molecule has 2 N–H and O–H groups in total. The summed E-state index contributed by atoms with van der Waals surface area (Å²) in [5.41, 5.74) is 4.23. The maximum absolute atomic E-state index is 12.7. The number of hydrogen-bond donors (Lipinski definition) is 2. The van der Waals surface area contributed by atoms with Crippen molar-refractivity contribution in [1.29, 1.82) is 0 Å². The van der Waals surface area contributed by atoms with Gasteiger partial charge in [0.15, 0.2) is 0 Å². The van der Waals surface area contributed by atoms with Gasteiger partial charge in [0.25, 0.3) is 0 Å². The van der Waals surface area contributed by atoms with Crippen molar-refractivity contribution in [1.82, 2.24) is 5.32 Å². The van der Waals surface area contributed by atoms with Crippen LogP contribution in [-0.2, 0) is 16.1 Å². The topological polar surface area (TPSA) is 58.2 Å². The van der Waals surface area contributed by atoms with Crippen molar-refractivity contribution in [2.45, 2.75) is 40.2 Å². The highest BCUT2D eigenvalue weighted by molar-refractivity contribution is 6.13. The van der Waals surface area contributed by atoms with Gasteiger partial charge in [-0.05, 0) is 56.4 Å². The average molecular weight is 336 g/mol. The van der Waals surface area contributed by atoms with Crippen LogP contribution in [0.3, 0.4) is 0 Å². The molecule has 0 bridgehead atoms. The number of benzene rings is 2. The monoisotopic (exact) mass is 336 g/mol. The number of amides is 2. The van der Waals surface area contributed by atoms with E-state index in [1.807, 2.05) is 63.2 Å². The van der Waals surface area contributed by atoms with E-state index in [1.165, 1.54) is 5.56 Å². The first-order valence-corrected chi connectivity index (χ1v) is 8.64. The smallest absolute Gasteiger partial charge is 0.240 e. The van der Waals surface area contributed by atoms with E-state index >= 15 is 0 Å². The summed E-state index contributed by atoms with van der Waals surface area (Å²) in [4.78, 5) is 25.3. The van der Waals surface area contributed by atoms with E-state index in [0.29, 0.717) is 19.4 Å². The maximum Gasteiger partial charge on any atom is 0.240 e. The molecule has 0 atom stereocenters. The van der Waals surface area contributed by atoms with Gasteiger partial charge in [0.1, 0.15) is 5.41 Å². The second kappa shape index (κ2) is 6.71. The van der Waals surface area contributed by atoms with Crippen LogP contribution in [0.5, 0.6) is 0 Å². The third-order valence-electron chi connectivity index (χ3n) is 5.05. The Hall–Kier alpha value is -2.62. The lowest BCUT2D eigenvalue weighted by molar-refractivity contribution is -0.134. The van der Waals surface area contributed by atoms with Crippen LogP contribution in [0.2, 0.25) is 0 Å². The van der Waals surface area contributed by atoms with E-state index in [4.69, 9.17) is 0 Å². The van der Waals surface area contributed by atoms with Crippen molar-refractivity contribution < 1.29 is 9.59 Å². The molecule has 1 saturated carbocycles. The van der Waals surface area contributed by atoms with Crippen LogP contribution in [0.15, 0.2) is 42.5 Å². The molecule has 0 spiro atoms. The molecule has 4 heteroatoms. The summed E-state index contributed by atoms with van der Waals surface area (Å²) in [6.07, 6.45) is 1.20. The first-order chi connectivity index (χ1) is 11.9. The van der Waals surface area contributed by atoms with Gasteiger partial charge in [-0.3, -0.25) is 9.59 Å². The predicted octanol–water partition coefficient (Wildman–Crippen LogP) is 3.65. The molecule has 2 aromatic rings. The molecular weight excluding hydrogens is 312 g/mol. The number of nitrogens with one attached hydrogen (secondary N) is 2.